The van der Waals surface area contributed by atoms with E-state index in [0.29, 0.717) is 10.0 Å². The quantitative estimate of drug-likeness (QED) is 0.907. The normalized spacial score (nSPS) is 15.2. The molecule has 14 heavy (non-hydrogen) atoms. The Balaban J connectivity index is 3.17. The first-order valence-electron chi connectivity index (χ1n) is 4.24. The van der Waals surface area contributed by atoms with Gasteiger partial charge >= 0.3 is 0 Å². The molecule has 1 atom stereocenters. The van der Waals surface area contributed by atoms with Crippen LogP contribution >= 0.6 is 15.9 Å². The first-order chi connectivity index (χ1) is 6.53. The van der Waals surface area contributed by atoms with Crippen molar-refractivity contribution in [1.82, 2.24) is 0 Å². The Morgan fingerprint density at radius 1 is 1.57 bits per heavy atom. The molecule has 0 aliphatic rings. The molecule has 0 bridgehead atoms. The van der Waals surface area contributed by atoms with E-state index in [1.807, 2.05) is 0 Å². The maximum absolute atomic E-state index is 13.6. The second-order valence-corrected chi connectivity index (χ2v) is 4.18. The Hall–Kier alpha value is -0.450. The molecule has 2 N–H and O–H groups in total. The summed E-state index contributed by atoms with van der Waals surface area (Å²) in [5.74, 6) is -0.311. The van der Waals surface area contributed by atoms with Gasteiger partial charge in [-0.1, -0.05) is 22.0 Å². The average Bonchev–Trinajstić information content (AvgIpc) is 2.17. The van der Waals surface area contributed by atoms with Crippen molar-refractivity contribution in [3.8, 4) is 0 Å². The highest BCUT2D eigenvalue weighted by Crippen LogP contribution is 2.27. The molecule has 1 aromatic carbocycles. The van der Waals surface area contributed by atoms with Gasteiger partial charge in [-0.25, -0.2) is 4.39 Å². The summed E-state index contributed by atoms with van der Waals surface area (Å²) in [4.78, 5) is 0. The van der Waals surface area contributed by atoms with Gasteiger partial charge in [0.2, 0.25) is 0 Å². The number of halogens is 2. The van der Waals surface area contributed by atoms with E-state index in [0.717, 1.165) is 0 Å². The van der Waals surface area contributed by atoms with Crippen LogP contribution in [0.25, 0.3) is 0 Å². The fraction of sp³-hybridized carbons (Fsp3) is 0.400. The molecule has 2 nitrogen and oxygen atoms in total. The third kappa shape index (κ3) is 2.13. The van der Waals surface area contributed by atoms with Crippen LogP contribution < -0.4 is 5.73 Å². The van der Waals surface area contributed by atoms with E-state index < -0.39 is 5.60 Å². The lowest BCUT2D eigenvalue weighted by Crippen LogP contribution is -2.34. The summed E-state index contributed by atoms with van der Waals surface area (Å²) in [6, 6.07) is 4.85. The molecular formula is C10H13BrFNO. The van der Waals surface area contributed by atoms with Crippen molar-refractivity contribution in [1.29, 1.82) is 0 Å². The zero-order chi connectivity index (χ0) is 10.8. The largest absolute Gasteiger partial charge is 0.372 e. The molecule has 0 saturated carbocycles. The van der Waals surface area contributed by atoms with E-state index in [9.17, 15) is 4.39 Å². The highest BCUT2D eigenvalue weighted by molar-refractivity contribution is 9.10. The molecule has 4 heteroatoms. The zero-order valence-electron chi connectivity index (χ0n) is 8.18. The molecule has 0 heterocycles. The van der Waals surface area contributed by atoms with Gasteiger partial charge < -0.3 is 10.5 Å². The SMILES string of the molecule is COC(C)(CN)c1ccc(Br)cc1F. The summed E-state index contributed by atoms with van der Waals surface area (Å²) < 4.78 is 19.5. The molecule has 0 aromatic heterocycles. The number of hydrogen-bond acceptors (Lipinski definition) is 2. The fourth-order valence-electron chi connectivity index (χ4n) is 1.22. The van der Waals surface area contributed by atoms with Gasteiger partial charge in [-0.15, -0.1) is 0 Å². The van der Waals surface area contributed by atoms with Gasteiger partial charge in [-0.3, -0.25) is 0 Å². The summed E-state index contributed by atoms with van der Waals surface area (Å²) >= 11 is 3.19. The van der Waals surface area contributed by atoms with Gasteiger partial charge in [-0.2, -0.15) is 0 Å². The average molecular weight is 262 g/mol. The molecule has 1 unspecified atom stereocenters. The van der Waals surface area contributed by atoms with Crippen molar-refractivity contribution in [2.45, 2.75) is 12.5 Å². The highest BCUT2D eigenvalue weighted by atomic mass is 79.9. The second kappa shape index (κ2) is 4.38. The number of nitrogens with two attached hydrogens (primary N) is 1. The van der Waals surface area contributed by atoms with Gasteiger partial charge in [0, 0.05) is 23.7 Å². The second-order valence-electron chi connectivity index (χ2n) is 3.26. The maximum Gasteiger partial charge on any atom is 0.130 e. The molecule has 1 rings (SSSR count). The Bertz CT molecular complexity index is 326. The van der Waals surface area contributed by atoms with Crippen LogP contribution in [0.4, 0.5) is 4.39 Å². The predicted molar refractivity (Wildman–Crippen MR) is 57.5 cm³/mol. The summed E-state index contributed by atoms with van der Waals surface area (Å²) in [6.45, 7) is 2.00. The highest BCUT2D eigenvalue weighted by Gasteiger charge is 2.27. The third-order valence-electron chi connectivity index (χ3n) is 2.34. The number of methoxy groups -OCH3 is 1. The maximum atomic E-state index is 13.6. The van der Waals surface area contributed by atoms with Crippen LogP contribution in [0.5, 0.6) is 0 Å². The summed E-state index contributed by atoms with van der Waals surface area (Å²) in [5, 5.41) is 0. The molecule has 0 amide bonds. The monoisotopic (exact) mass is 261 g/mol. The van der Waals surface area contributed by atoms with Crippen LogP contribution in [0.3, 0.4) is 0 Å². The van der Waals surface area contributed by atoms with Crippen molar-refractivity contribution in [3.05, 3.63) is 34.1 Å². The van der Waals surface area contributed by atoms with Crippen molar-refractivity contribution >= 4 is 15.9 Å². The summed E-state index contributed by atoms with van der Waals surface area (Å²) in [6.07, 6.45) is 0. The van der Waals surface area contributed by atoms with Crippen LogP contribution in [0.1, 0.15) is 12.5 Å². The number of hydrogen-bond donors (Lipinski definition) is 1. The van der Waals surface area contributed by atoms with Crippen molar-refractivity contribution in [2.24, 2.45) is 5.73 Å². The van der Waals surface area contributed by atoms with Crippen LogP contribution in [0, 0.1) is 5.82 Å². The molecule has 0 aliphatic heterocycles. The van der Waals surface area contributed by atoms with Gasteiger partial charge in [0.15, 0.2) is 0 Å². The zero-order valence-corrected chi connectivity index (χ0v) is 9.77. The van der Waals surface area contributed by atoms with Crippen LogP contribution in [-0.2, 0) is 10.3 Å². The molecule has 0 radical (unpaired) electrons. The molecule has 0 saturated heterocycles. The van der Waals surface area contributed by atoms with Crippen molar-refractivity contribution < 1.29 is 9.13 Å². The molecule has 1 aromatic rings. The first-order valence-corrected chi connectivity index (χ1v) is 5.03. The first kappa shape index (κ1) is 11.6. The van der Waals surface area contributed by atoms with Gasteiger partial charge in [-0.05, 0) is 19.1 Å². The number of ether oxygens (including phenoxy) is 1. The smallest absolute Gasteiger partial charge is 0.130 e. The van der Waals surface area contributed by atoms with Crippen LogP contribution in [-0.4, -0.2) is 13.7 Å². The van der Waals surface area contributed by atoms with E-state index in [-0.39, 0.29) is 12.4 Å². The lowest BCUT2D eigenvalue weighted by Gasteiger charge is -2.27. The minimum absolute atomic E-state index is 0.238. The lowest BCUT2D eigenvalue weighted by atomic mass is 9.95. The molecule has 78 valence electrons. The number of benzene rings is 1. The number of rotatable bonds is 3. The van der Waals surface area contributed by atoms with Gasteiger partial charge in [0.25, 0.3) is 0 Å². The van der Waals surface area contributed by atoms with Crippen LogP contribution in [0.15, 0.2) is 22.7 Å². The Morgan fingerprint density at radius 3 is 2.64 bits per heavy atom. The van der Waals surface area contributed by atoms with Gasteiger partial charge in [0.1, 0.15) is 11.4 Å². The summed E-state index contributed by atoms with van der Waals surface area (Å²) in [7, 11) is 1.52. The lowest BCUT2D eigenvalue weighted by molar-refractivity contribution is 0.00716. The minimum Gasteiger partial charge on any atom is -0.372 e. The van der Waals surface area contributed by atoms with Crippen LogP contribution in [0.2, 0.25) is 0 Å². The Labute approximate surface area is 91.4 Å². The predicted octanol–water partition coefficient (Wildman–Crippen LogP) is 2.41. The van der Waals surface area contributed by atoms with E-state index in [1.54, 1.807) is 19.1 Å². The van der Waals surface area contributed by atoms with E-state index in [2.05, 4.69) is 15.9 Å². The standard InChI is InChI=1S/C10H13BrFNO/c1-10(6-13,14-2)8-4-3-7(11)5-9(8)12/h3-5H,6,13H2,1-2H3. The van der Waals surface area contributed by atoms with Gasteiger partial charge in [0.05, 0.1) is 0 Å². The Morgan fingerprint density at radius 2 is 2.21 bits per heavy atom. The molecular weight excluding hydrogens is 249 g/mol. The van der Waals surface area contributed by atoms with E-state index in [1.165, 1.54) is 13.2 Å². The third-order valence-corrected chi connectivity index (χ3v) is 2.83. The van der Waals surface area contributed by atoms with Crippen molar-refractivity contribution in [3.63, 3.8) is 0 Å². The Kier molecular flexibility index (Phi) is 3.64. The van der Waals surface area contributed by atoms with E-state index in [4.69, 9.17) is 10.5 Å². The molecule has 0 fully saturated rings. The fourth-order valence-corrected chi connectivity index (χ4v) is 1.55. The molecule has 0 aliphatic carbocycles. The van der Waals surface area contributed by atoms with Crippen molar-refractivity contribution in [2.75, 3.05) is 13.7 Å². The molecule has 0 spiro atoms. The minimum atomic E-state index is -0.759. The van der Waals surface area contributed by atoms with E-state index >= 15 is 0 Å². The summed E-state index contributed by atoms with van der Waals surface area (Å²) in [5.41, 5.74) is 5.27. The topological polar surface area (TPSA) is 35.2 Å².